The summed E-state index contributed by atoms with van der Waals surface area (Å²) >= 11 is 6.82. The van der Waals surface area contributed by atoms with E-state index in [9.17, 15) is 18.0 Å². The summed E-state index contributed by atoms with van der Waals surface area (Å²) in [7, 11) is -0.529. The molecular formula is C33H40ClN3O6S. The van der Waals surface area contributed by atoms with E-state index in [2.05, 4.69) is 4.72 Å². The van der Waals surface area contributed by atoms with Gasteiger partial charge >= 0.3 is 5.97 Å². The summed E-state index contributed by atoms with van der Waals surface area (Å²) in [4.78, 5) is 27.1. The topological polar surface area (TPSA) is 107 Å². The molecule has 6 rings (SSSR count). The number of esters is 1. The molecule has 3 aliphatic rings. The summed E-state index contributed by atoms with van der Waals surface area (Å²) < 4.78 is 42.2. The second kappa shape index (κ2) is 12.8. The number of benzene rings is 2. The first-order valence-electron chi connectivity index (χ1n) is 15.5. The van der Waals surface area contributed by atoms with E-state index in [-0.39, 0.29) is 34.8 Å². The van der Waals surface area contributed by atoms with Gasteiger partial charge in [0.2, 0.25) is 15.9 Å². The molecule has 1 saturated heterocycles. The number of halogens is 1. The van der Waals surface area contributed by atoms with Crippen molar-refractivity contribution >= 4 is 44.4 Å². The van der Waals surface area contributed by atoms with Crippen LogP contribution in [0.3, 0.4) is 0 Å². The number of aromatic nitrogens is 1. The van der Waals surface area contributed by atoms with Crippen LogP contribution in [0.25, 0.3) is 22.2 Å². The third kappa shape index (κ3) is 6.40. The highest BCUT2D eigenvalue weighted by atomic mass is 35.5. The number of hydrogen-bond donors (Lipinski definition) is 1. The van der Waals surface area contributed by atoms with Gasteiger partial charge in [-0.3, -0.25) is 9.59 Å². The SMILES string of the molecule is COC(=O)CCc1ccc(-c2c(Cl)c3ccc(S(=O)(=O)NC4CCC(C(=O)N5CCOC[C@@H]5C5CC5)CC4)cc3n2C)cc1. The third-order valence-corrected chi connectivity index (χ3v) is 11.4. The number of ether oxygens (including phenoxy) is 2. The van der Waals surface area contributed by atoms with E-state index in [1.807, 2.05) is 40.8 Å². The van der Waals surface area contributed by atoms with Gasteiger partial charge in [-0.2, -0.15) is 0 Å². The first kappa shape index (κ1) is 31.1. The highest BCUT2D eigenvalue weighted by Gasteiger charge is 2.41. The molecule has 11 heteroatoms. The number of methoxy groups -OCH3 is 1. The van der Waals surface area contributed by atoms with Crippen molar-refractivity contribution < 1.29 is 27.5 Å². The summed E-state index contributed by atoms with van der Waals surface area (Å²) in [6, 6.07) is 12.8. The van der Waals surface area contributed by atoms with Crippen molar-refractivity contribution in [3.63, 3.8) is 0 Å². The lowest BCUT2D eigenvalue weighted by atomic mass is 9.85. The number of nitrogens with zero attached hydrogens (tertiary/aromatic N) is 2. The molecule has 0 spiro atoms. The van der Waals surface area contributed by atoms with E-state index in [0.29, 0.717) is 74.7 Å². The molecule has 2 heterocycles. The number of hydrogen-bond acceptors (Lipinski definition) is 6. The zero-order chi connectivity index (χ0) is 31.0. The molecule has 1 N–H and O–H groups in total. The van der Waals surface area contributed by atoms with Crippen LogP contribution in [0.4, 0.5) is 0 Å². The zero-order valence-corrected chi connectivity index (χ0v) is 26.8. The van der Waals surface area contributed by atoms with Gasteiger partial charge in [-0.25, -0.2) is 13.1 Å². The van der Waals surface area contributed by atoms with Gasteiger partial charge < -0.3 is 18.9 Å². The Balaban J connectivity index is 1.12. The predicted octanol–water partition coefficient (Wildman–Crippen LogP) is 5.08. The number of carbonyl (C=O) groups is 2. The molecule has 0 radical (unpaired) electrons. The van der Waals surface area contributed by atoms with Crippen LogP contribution < -0.4 is 4.72 Å². The molecular weight excluding hydrogens is 602 g/mol. The second-order valence-electron chi connectivity index (χ2n) is 12.4. The fourth-order valence-electron chi connectivity index (χ4n) is 6.78. The molecule has 44 heavy (non-hydrogen) atoms. The molecule has 2 aromatic carbocycles. The summed E-state index contributed by atoms with van der Waals surface area (Å²) in [5, 5.41) is 1.32. The molecule has 3 fully saturated rings. The molecule has 1 amide bonds. The Bertz CT molecular complexity index is 1640. The van der Waals surface area contributed by atoms with Crippen molar-refractivity contribution in [1.29, 1.82) is 0 Å². The zero-order valence-electron chi connectivity index (χ0n) is 25.3. The highest BCUT2D eigenvalue weighted by molar-refractivity contribution is 7.89. The van der Waals surface area contributed by atoms with Crippen molar-refractivity contribution in [3.05, 3.63) is 53.1 Å². The maximum Gasteiger partial charge on any atom is 0.305 e. The van der Waals surface area contributed by atoms with Gasteiger partial charge in [0.1, 0.15) is 0 Å². The lowest BCUT2D eigenvalue weighted by Crippen LogP contribution is -2.52. The van der Waals surface area contributed by atoms with E-state index >= 15 is 0 Å². The monoisotopic (exact) mass is 641 g/mol. The lowest BCUT2D eigenvalue weighted by Gasteiger charge is -2.39. The van der Waals surface area contributed by atoms with Crippen LogP contribution >= 0.6 is 11.6 Å². The van der Waals surface area contributed by atoms with Crippen molar-refractivity contribution in [1.82, 2.24) is 14.2 Å². The number of sulfonamides is 1. The summed E-state index contributed by atoms with van der Waals surface area (Å²) in [6.07, 6.45) is 5.85. The van der Waals surface area contributed by atoms with Crippen LogP contribution in [0.1, 0.15) is 50.5 Å². The van der Waals surface area contributed by atoms with Gasteiger partial charge in [0.25, 0.3) is 0 Å². The Labute approximate surface area is 263 Å². The first-order chi connectivity index (χ1) is 21.2. The molecule has 1 aromatic heterocycles. The Hall–Kier alpha value is -2.92. The smallest absolute Gasteiger partial charge is 0.305 e. The van der Waals surface area contributed by atoms with Gasteiger partial charge in [0.15, 0.2) is 0 Å². The number of carbonyl (C=O) groups excluding carboxylic acids is 2. The third-order valence-electron chi connectivity index (χ3n) is 9.51. The van der Waals surface area contributed by atoms with Crippen molar-refractivity contribution in [2.45, 2.75) is 68.3 Å². The number of fused-ring (bicyclic) bond motifs is 1. The van der Waals surface area contributed by atoms with E-state index in [1.54, 1.807) is 18.2 Å². The van der Waals surface area contributed by atoms with Crippen molar-refractivity contribution in [2.24, 2.45) is 18.9 Å². The molecule has 0 bridgehead atoms. The molecule has 2 saturated carbocycles. The number of nitrogens with one attached hydrogen (secondary N) is 1. The minimum Gasteiger partial charge on any atom is -0.469 e. The Morgan fingerprint density at radius 2 is 1.77 bits per heavy atom. The molecule has 0 unspecified atom stereocenters. The van der Waals surface area contributed by atoms with Crippen LogP contribution in [-0.4, -0.2) is 68.7 Å². The summed E-state index contributed by atoms with van der Waals surface area (Å²) in [5.41, 5.74) is 3.41. The lowest BCUT2D eigenvalue weighted by molar-refractivity contribution is -0.146. The van der Waals surface area contributed by atoms with E-state index in [1.165, 1.54) is 20.0 Å². The number of amides is 1. The maximum absolute atomic E-state index is 13.5. The van der Waals surface area contributed by atoms with Crippen LogP contribution in [0.15, 0.2) is 47.4 Å². The van der Waals surface area contributed by atoms with E-state index in [0.717, 1.165) is 22.2 Å². The number of aryl methyl sites for hydroxylation is 2. The Kier molecular flexibility index (Phi) is 9.06. The average Bonchev–Trinajstić information content (AvgIpc) is 3.86. The Morgan fingerprint density at radius 3 is 2.45 bits per heavy atom. The highest BCUT2D eigenvalue weighted by Crippen LogP contribution is 2.39. The largest absolute Gasteiger partial charge is 0.469 e. The normalized spacial score (nSPS) is 22.7. The van der Waals surface area contributed by atoms with Gasteiger partial charge in [-0.1, -0.05) is 35.9 Å². The van der Waals surface area contributed by atoms with Gasteiger partial charge in [0, 0.05) is 37.4 Å². The quantitative estimate of drug-likeness (QED) is 0.327. The maximum atomic E-state index is 13.5. The minimum absolute atomic E-state index is 0.0581. The standard InChI is InChI=1S/C33H40ClN3O6S/c1-36-28-19-26(14-15-27(28)31(34)32(36)23-6-3-21(4-7-23)5-16-30(38)42-2)44(40,41)35-25-12-10-24(11-13-25)33(39)37-17-18-43-20-29(37)22-8-9-22/h3-4,6-7,14-15,19,22,24-25,29,35H,5,8-13,16-18,20H2,1-2H3/t24?,25?,29-/m1/s1. The fraction of sp³-hybridized carbons (Fsp3) is 0.515. The molecule has 9 nitrogen and oxygen atoms in total. The number of rotatable bonds is 9. The van der Waals surface area contributed by atoms with E-state index < -0.39 is 10.0 Å². The fourth-order valence-corrected chi connectivity index (χ4v) is 8.50. The molecule has 3 aromatic rings. The van der Waals surface area contributed by atoms with E-state index in [4.69, 9.17) is 21.1 Å². The van der Waals surface area contributed by atoms with Crippen LogP contribution in [0.2, 0.25) is 5.02 Å². The minimum atomic E-state index is -3.78. The van der Waals surface area contributed by atoms with Crippen LogP contribution in [0, 0.1) is 11.8 Å². The van der Waals surface area contributed by atoms with Gasteiger partial charge in [-0.15, -0.1) is 0 Å². The van der Waals surface area contributed by atoms with Crippen LogP contribution in [-0.2, 0) is 42.6 Å². The summed E-state index contributed by atoms with van der Waals surface area (Å²) in [6.45, 7) is 1.88. The first-order valence-corrected chi connectivity index (χ1v) is 17.4. The predicted molar refractivity (Wildman–Crippen MR) is 169 cm³/mol. The average molecular weight is 642 g/mol. The molecule has 236 valence electrons. The van der Waals surface area contributed by atoms with Gasteiger partial charge in [-0.05, 0) is 80.2 Å². The van der Waals surface area contributed by atoms with Crippen molar-refractivity contribution in [3.8, 4) is 11.3 Å². The molecule has 2 aliphatic carbocycles. The van der Waals surface area contributed by atoms with Crippen molar-refractivity contribution in [2.75, 3.05) is 26.9 Å². The molecule has 1 atom stereocenters. The van der Waals surface area contributed by atoms with Gasteiger partial charge in [0.05, 0.1) is 47.5 Å². The van der Waals surface area contributed by atoms with Crippen LogP contribution in [0.5, 0.6) is 0 Å². The second-order valence-corrected chi connectivity index (χ2v) is 14.4. The summed E-state index contributed by atoms with van der Waals surface area (Å²) in [5.74, 6) is 0.473. The Morgan fingerprint density at radius 1 is 1.05 bits per heavy atom. The molecule has 1 aliphatic heterocycles. The number of morpholine rings is 1.